The molecule has 10 heteroatoms. The van der Waals surface area contributed by atoms with Gasteiger partial charge in [0.15, 0.2) is 0 Å². The van der Waals surface area contributed by atoms with Gasteiger partial charge in [0.1, 0.15) is 28.6 Å². The van der Waals surface area contributed by atoms with Gasteiger partial charge >= 0.3 is 101 Å². The number of carboxylic acids is 1. The van der Waals surface area contributed by atoms with Crippen molar-refractivity contribution in [3.63, 3.8) is 0 Å². The Bertz CT molecular complexity index is 779. The van der Waals surface area contributed by atoms with Gasteiger partial charge in [-0.1, -0.05) is 0 Å². The van der Waals surface area contributed by atoms with Crippen LogP contribution in [0.1, 0.15) is 25.0 Å². The molecule has 126 valence electrons. The van der Waals surface area contributed by atoms with E-state index in [2.05, 4.69) is 0 Å². The van der Waals surface area contributed by atoms with Crippen molar-refractivity contribution in [3.05, 3.63) is 47.5 Å². The standard InChI is InChI=1S/C16H14O7.3Na.3H/c1-21-11-3-4-13(14(8-11)22-2)16(20)23-12-6-9(15(18)19)5-10(17)7-12;;;;;;/h3-8,17H,1-2H3,(H,18,19);;;;;;/q;3*+1;3*-1. The second kappa shape index (κ2) is 13.0. The molecule has 2 rings (SSSR count). The van der Waals surface area contributed by atoms with Gasteiger partial charge in [-0.15, -0.1) is 0 Å². The maximum absolute atomic E-state index is 12.2. The van der Waals surface area contributed by atoms with E-state index in [1.807, 2.05) is 0 Å². The Hall–Kier alpha value is -0.220. The van der Waals surface area contributed by atoms with E-state index >= 15 is 0 Å². The van der Waals surface area contributed by atoms with Gasteiger partial charge in [-0.2, -0.15) is 0 Å². The maximum Gasteiger partial charge on any atom is 1.00 e. The number of ether oxygens (including phenoxy) is 3. The van der Waals surface area contributed by atoms with Crippen LogP contribution in [0.15, 0.2) is 36.4 Å². The Kier molecular flexibility index (Phi) is 14.0. The van der Waals surface area contributed by atoms with Gasteiger partial charge in [0, 0.05) is 12.1 Å². The van der Waals surface area contributed by atoms with Crippen LogP contribution < -0.4 is 103 Å². The Morgan fingerprint density at radius 2 is 1.58 bits per heavy atom. The summed E-state index contributed by atoms with van der Waals surface area (Å²) in [6, 6.07) is 7.86. The fourth-order valence-corrected chi connectivity index (χ4v) is 1.89. The van der Waals surface area contributed by atoms with Crippen molar-refractivity contribution < 1.29 is 127 Å². The molecular formula is C16H17Na3O7. The largest absolute Gasteiger partial charge is 1.00 e. The SMILES string of the molecule is COc1ccc(C(=O)Oc2cc(O)cc(C(=O)O)c2)c(OC)c1.[H-].[H-].[H-].[Na+].[Na+].[Na+]. The number of rotatable bonds is 5. The molecule has 7 nitrogen and oxygen atoms in total. The zero-order valence-electron chi connectivity index (χ0n) is 18.4. The molecule has 0 saturated heterocycles. The monoisotopic (exact) mass is 390 g/mol. The number of carbonyl (C=O) groups is 2. The van der Waals surface area contributed by atoms with Crippen molar-refractivity contribution >= 4 is 11.9 Å². The zero-order chi connectivity index (χ0) is 17.0. The summed E-state index contributed by atoms with van der Waals surface area (Å²) in [7, 11) is 2.87. The average molecular weight is 390 g/mol. The van der Waals surface area contributed by atoms with Gasteiger partial charge < -0.3 is 28.7 Å². The van der Waals surface area contributed by atoms with Gasteiger partial charge in [-0.25, -0.2) is 9.59 Å². The van der Waals surface area contributed by atoms with Crippen molar-refractivity contribution in [3.8, 4) is 23.0 Å². The number of aromatic carboxylic acids is 1. The Labute approximate surface area is 221 Å². The van der Waals surface area contributed by atoms with Crippen LogP contribution in [-0.2, 0) is 0 Å². The van der Waals surface area contributed by atoms with Crippen molar-refractivity contribution in [2.45, 2.75) is 0 Å². The third-order valence-corrected chi connectivity index (χ3v) is 2.98. The second-order valence-corrected chi connectivity index (χ2v) is 4.48. The molecule has 2 aromatic carbocycles. The number of benzene rings is 2. The number of phenols is 1. The average Bonchev–Trinajstić information content (AvgIpc) is 2.53. The smallest absolute Gasteiger partial charge is 1.00 e. The van der Waals surface area contributed by atoms with Crippen molar-refractivity contribution in [1.29, 1.82) is 0 Å². The molecule has 2 N–H and O–H groups in total. The molecule has 0 amide bonds. The summed E-state index contributed by atoms with van der Waals surface area (Å²) >= 11 is 0. The number of hydrogen-bond donors (Lipinski definition) is 2. The molecule has 0 heterocycles. The predicted octanol–water partition coefficient (Wildman–Crippen LogP) is -6.32. The van der Waals surface area contributed by atoms with E-state index in [0.717, 1.165) is 18.2 Å². The summed E-state index contributed by atoms with van der Waals surface area (Å²) in [5.41, 5.74) is -0.0667. The van der Waals surface area contributed by atoms with Crippen LogP contribution in [-0.4, -0.2) is 36.4 Å². The topological polar surface area (TPSA) is 102 Å². The second-order valence-electron chi connectivity index (χ2n) is 4.48. The molecule has 0 aliphatic carbocycles. The molecule has 0 saturated carbocycles. The van der Waals surface area contributed by atoms with Crippen LogP contribution >= 0.6 is 0 Å². The third-order valence-electron chi connectivity index (χ3n) is 2.98. The Balaban J connectivity index is -0.000000320. The van der Waals surface area contributed by atoms with Crippen LogP contribution in [0.4, 0.5) is 0 Å². The van der Waals surface area contributed by atoms with E-state index in [4.69, 9.17) is 19.3 Å². The normalized spacial score (nSPS) is 8.85. The molecule has 2 aromatic rings. The third kappa shape index (κ3) is 7.42. The maximum atomic E-state index is 12.2. The van der Waals surface area contributed by atoms with E-state index in [9.17, 15) is 14.7 Å². The molecule has 0 radical (unpaired) electrons. The minimum absolute atomic E-state index is 0. The minimum atomic E-state index is -1.25. The van der Waals surface area contributed by atoms with Gasteiger partial charge in [0.25, 0.3) is 0 Å². The molecule has 0 unspecified atom stereocenters. The summed E-state index contributed by atoms with van der Waals surface area (Å²) < 4.78 is 15.3. The van der Waals surface area contributed by atoms with Gasteiger partial charge in [-0.3, -0.25) is 0 Å². The number of methoxy groups -OCH3 is 2. The van der Waals surface area contributed by atoms with E-state index in [0.29, 0.717) is 5.75 Å². The van der Waals surface area contributed by atoms with Crippen molar-refractivity contribution in [2.75, 3.05) is 14.2 Å². The molecule has 0 fully saturated rings. The fraction of sp³-hybridized carbons (Fsp3) is 0.125. The first-order valence-corrected chi connectivity index (χ1v) is 6.46. The van der Waals surface area contributed by atoms with Crippen molar-refractivity contribution in [2.24, 2.45) is 0 Å². The number of hydrogen-bond acceptors (Lipinski definition) is 6. The van der Waals surface area contributed by atoms with Crippen LogP contribution in [0.25, 0.3) is 0 Å². The summed E-state index contributed by atoms with van der Waals surface area (Å²) in [4.78, 5) is 23.2. The minimum Gasteiger partial charge on any atom is -1.00 e. The van der Waals surface area contributed by atoms with E-state index in [1.54, 1.807) is 6.07 Å². The van der Waals surface area contributed by atoms with Crippen LogP contribution in [0.2, 0.25) is 0 Å². The van der Waals surface area contributed by atoms with Gasteiger partial charge in [-0.05, 0) is 24.3 Å². The van der Waals surface area contributed by atoms with E-state index in [1.165, 1.54) is 26.4 Å². The predicted molar refractivity (Wildman–Crippen MR) is 82.9 cm³/mol. The van der Waals surface area contributed by atoms with Crippen LogP contribution in [0.3, 0.4) is 0 Å². The molecule has 0 atom stereocenters. The Morgan fingerprint density at radius 3 is 2.12 bits per heavy atom. The summed E-state index contributed by atoms with van der Waals surface area (Å²) in [5.74, 6) is -1.68. The fourth-order valence-electron chi connectivity index (χ4n) is 1.89. The van der Waals surface area contributed by atoms with Gasteiger partial charge in [0.05, 0.1) is 19.8 Å². The first-order chi connectivity index (χ1) is 10.9. The number of esters is 1. The molecule has 0 bridgehead atoms. The zero-order valence-corrected chi connectivity index (χ0v) is 21.4. The summed E-state index contributed by atoms with van der Waals surface area (Å²) in [6.45, 7) is 0. The molecular weight excluding hydrogens is 373 g/mol. The van der Waals surface area contributed by atoms with Crippen LogP contribution in [0, 0.1) is 0 Å². The number of phenolic OH excluding ortho intramolecular Hbond substituents is 1. The first-order valence-electron chi connectivity index (χ1n) is 6.46. The Morgan fingerprint density at radius 1 is 0.923 bits per heavy atom. The quantitative estimate of drug-likeness (QED) is 0.298. The molecule has 0 aliphatic rings. The first kappa shape index (κ1) is 28.0. The number of carboxylic acid groups (broad SMARTS) is 1. The molecule has 0 aliphatic heterocycles. The van der Waals surface area contributed by atoms with E-state index < -0.39 is 11.9 Å². The van der Waals surface area contributed by atoms with Crippen molar-refractivity contribution in [1.82, 2.24) is 0 Å². The van der Waals surface area contributed by atoms with Gasteiger partial charge in [0.2, 0.25) is 0 Å². The molecule has 26 heavy (non-hydrogen) atoms. The van der Waals surface area contributed by atoms with Crippen LogP contribution in [0.5, 0.6) is 23.0 Å². The molecule has 0 aromatic heterocycles. The number of carbonyl (C=O) groups excluding carboxylic acids is 1. The summed E-state index contributed by atoms with van der Waals surface area (Å²) in [5, 5.41) is 18.4. The van der Waals surface area contributed by atoms with E-state index in [-0.39, 0.29) is 121 Å². The molecule has 0 spiro atoms. The summed E-state index contributed by atoms with van der Waals surface area (Å²) in [6.07, 6.45) is 0. The number of aromatic hydroxyl groups is 1.